The standard InChI is InChI=1S/C12H22O11/c13-1-4-6(16)8(18)9(19)11(21-4)23-12(3-15)10(20)7(17)5(2-14)22-12/h4-11,13-20H,1-3H2/t4?,5-,6-,7-,8?,9?,10+,11-,12+/m1/s1. The van der Waals surface area contributed by atoms with Crippen LogP contribution in [-0.4, -0.2) is 115 Å². The van der Waals surface area contributed by atoms with E-state index < -0.39 is 74.6 Å². The molecule has 0 aromatic rings. The van der Waals surface area contributed by atoms with Crippen molar-refractivity contribution in [3.05, 3.63) is 0 Å². The first-order chi connectivity index (χ1) is 10.8. The van der Waals surface area contributed by atoms with Crippen LogP contribution in [0, 0.1) is 0 Å². The van der Waals surface area contributed by atoms with Crippen LogP contribution in [-0.2, 0) is 14.2 Å². The molecule has 9 atom stereocenters. The minimum absolute atomic E-state index is 0.669. The normalized spacial score (nSPS) is 51.1. The molecular weight excluding hydrogens is 320 g/mol. The van der Waals surface area contributed by atoms with E-state index in [0.717, 1.165) is 0 Å². The van der Waals surface area contributed by atoms with Gasteiger partial charge in [-0.05, 0) is 0 Å². The maximum Gasteiger partial charge on any atom is 0.224 e. The van der Waals surface area contributed by atoms with Gasteiger partial charge in [0.05, 0.1) is 13.2 Å². The van der Waals surface area contributed by atoms with E-state index in [1.165, 1.54) is 0 Å². The summed E-state index contributed by atoms with van der Waals surface area (Å²) in [6.45, 7) is -2.32. The monoisotopic (exact) mass is 342 g/mol. The Hall–Kier alpha value is -0.440. The number of hydrogen-bond acceptors (Lipinski definition) is 11. The van der Waals surface area contributed by atoms with Gasteiger partial charge in [-0.15, -0.1) is 0 Å². The van der Waals surface area contributed by atoms with E-state index in [1.54, 1.807) is 0 Å². The quantitative estimate of drug-likeness (QED) is 0.238. The Labute approximate surface area is 130 Å². The van der Waals surface area contributed by atoms with E-state index in [4.69, 9.17) is 24.4 Å². The van der Waals surface area contributed by atoms with Crippen LogP contribution in [0.4, 0.5) is 0 Å². The van der Waals surface area contributed by atoms with Crippen molar-refractivity contribution < 1.29 is 55.1 Å². The van der Waals surface area contributed by atoms with Gasteiger partial charge in [0, 0.05) is 0 Å². The summed E-state index contributed by atoms with van der Waals surface area (Å²) in [5.74, 6) is -2.22. The topological polar surface area (TPSA) is 190 Å². The Morgan fingerprint density at radius 3 is 1.87 bits per heavy atom. The van der Waals surface area contributed by atoms with Gasteiger partial charge in [-0.3, -0.25) is 0 Å². The molecule has 2 rings (SSSR count). The number of hydrogen-bond donors (Lipinski definition) is 8. The fourth-order valence-corrected chi connectivity index (χ4v) is 2.63. The Bertz CT molecular complexity index is 393. The Morgan fingerprint density at radius 2 is 1.39 bits per heavy atom. The van der Waals surface area contributed by atoms with Crippen LogP contribution >= 0.6 is 0 Å². The molecule has 2 aliphatic rings. The Kier molecular flexibility index (Phi) is 5.92. The SMILES string of the molecule is OCC1O[C@H](O[C@]2(CO)O[C@H](CO)[C@@H](O)[C@@H]2O)C(O)C(O)[C@@H]1O. The van der Waals surface area contributed by atoms with Crippen molar-refractivity contribution in [2.75, 3.05) is 19.8 Å². The van der Waals surface area contributed by atoms with Gasteiger partial charge in [-0.1, -0.05) is 0 Å². The molecule has 11 nitrogen and oxygen atoms in total. The van der Waals surface area contributed by atoms with Gasteiger partial charge in [-0.2, -0.15) is 0 Å². The Balaban J connectivity index is 2.18. The summed E-state index contributed by atoms with van der Waals surface area (Å²) in [5.41, 5.74) is 0. The molecule has 2 saturated heterocycles. The van der Waals surface area contributed by atoms with Crippen LogP contribution < -0.4 is 0 Å². The molecule has 11 heteroatoms. The lowest BCUT2D eigenvalue weighted by molar-refractivity contribution is -0.383. The smallest absolute Gasteiger partial charge is 0.224 e. The van der Waals surface area contributed by atoms with E-state index in [2.05, 4.69) is 0 Å². The second kappa shape index (κ2) is 7.21. The Morgan fingerprint density at radius 1 is 0.783 bits per heavy atom. The molecule has 0 bridgehead atoms. The van der Waals surface area contributed by atoms with Crippen molar-refractivity contribution in [1.29, 1.82) is 0 Å². The molecular formula is C12H22O11. The minimum Gasteiger partial charge on any atom is -0.394 e. The highest BCUT2D eigenvalue weighted by Gasteiger charge is 2.58. The molecule has 2 heterocycles. The number of aliphatic hydroxyl groups is 8. The highest BCUT2D eigenvalue weighted by Crippen LogP contribution is 2.35. The molecule has 0 aliphatic carbocycles. The third-order valence-electron chi connectivity index (χ3n) is 4.07. The molecule has 23 heavy (non-hydrogen) atoms. The molecule has 0 aromatic heterocycles. The largest absolute Gasteiger partial charge is 0.394 e. The average molecular weight is 342 g/mol. The van der Waals surface area contributed by atoms with E-state index in [1.807, 2.05) is 0 Å². The van der Waals surface area contributed by atoms with Crippen LogP contribution in [0.5, 0.6) is 0 Å². The lowest BCUT2D eigenvalue weighted by Crippen LogP contribution is -2.62. The first kappa shape index (κ1) is 18.9. The molecule has 0 spiro atoms. The van der Waals surface area contributed by atoms with Crippen molar-refractivity contribution in [1.82, 2.24) is 0 Å². The van der Waals surface area contributed by atoms with Gasteiger partial charge in [0.25, 0.3) is 0 Å². The summed E-state index contributed by atoms with van der Waals surface area (Å²) in [6.07, 6.45) is -12.7. The molecule has 0 saturated carbocycles. The van der Waals surface area contributed by atoms with Crippen molar-refractivity contribution in [3.63, 3.8) is 0 Å². The zero-order valence-corrected chi connectivity index (χ0v) is 12.0. The summed E-state index contributed by atoms with van der Waals surface area (Å²) in [5, 5.41) is 76.7. The highest BCUT2D eigenvalue weighted by molar-refractivity contribution is 4.98. The average Bonchev–Trinajstić information content (AvgIpc) is 2.80. The van der Waals surface area contributed by atoms with Gasteiger partial charge in [0.2, 0.25) is 5.79 Å². The fourth-order valence-electron chi connectivity index (χ4n) is 2.63. The zero-order chi connectivity index (χ0) is 17.4. The third kappa shape index (κ3) is 3.23. The molecule has 2 aliphatic heterocycles. The minimum atomic E-state index is -2.22. The van der Waals surface area contributed by atoms with Crippen molar-refractivity contribution in [2.45, 2.75) is 54.8 Å². The second-order valence-electron chi connectivity index (χ2n) is 5.56. The predicted molar refractivity (Wildman–Crippen MR) is 68.6 cm³/mol. The molecule has 0 amide bonds. The van der Waals surface area contributed by atoms with Gasteiger partial charge >= 0.3 is 0 Å². The summed E-state index contributed by atoms with van der Waals surface area (Å²) >= 11 is 0. The first-order valence-electron chi connectivity index (χ1n) is 7.05. The number of aliphatic hydroxyl groups excluding tert-OH is 8. The van der Waals surface area contributed by atoms with Crippen LogP contribution in [0.2, 0.25) is 0 Å². The van der Waals surface area contributed by atoms with E-state index in [9.17, 15) is 30.6 Å². The van der Waals surface area contributed by atoms with E-state index in [-0.39, 0.29) is 0 Å². The molecule has 136 valence electrons. The maximum atomic E-state index is 10.00. The van der Waals surface area contributed by atoms with Crippen LogP contribution in [0.15, 0.2) is 0 Å². The lowest BCUT2D eigenvalue weighted by atomic mass is 9.99. The van der Waals surface area contributed by atoms with Crippen molar-refractivity contribution in [3.8, 4) is 0 Å². The lowest BCUT2D eigenvalue weighted by Gasteiger charge is -2.43. The van der Waals surface area contributed by atoms with Crippen molar-refractivity contribution >= 4 is 0 Å². The van der Waals surface area contributed by atoms with Crippen LogP contribution in [0.3, 0.4) is 0 Å². The number of ether oxygens (including phenoxy) is 3. The van der Waals surface area contributed by atoms with Gasteiger partial charge < -0.3 is 55.1 Å². The maximum absolute atomic E-state index is 10.00. The molecule has 0 radical (unpaired) electrons. The number of rotatable bonds is 5. The van der Waals surface area contributed by atoms with E-state index in [0.29, 0.717) is 0 Å². The predicted octanol–water partition coefficient (Wildman–Crippen LogP) is -5.40. The fraction of sp³-hybridized carbons (Fsp3) is 1.00. The summed E-state index contributed by atoms with van der Waals surface area (Å²) in [4.78, 5) is 0. The summed E-state index contributed by atoms with van der Waals surface area (Å²) in [7, 11) is 0. The summed E-state index contributed by atoms with van der Waals surface area (Å²) < 4.78 is 15.4. The zero-order valence-electron chi connectivity index (χ0n) is 12.0. The highest BCUT2D eigenvalue weighted by atomic mass is 16.8. The second-order valence-corrected chi connectivity index (χ2v) is 5.56. The molecule has 0 aromatic carbocycles. The third-order valence-corrected chi connectivity index (χ3v) is 4.07. The summed E-state index contributed by atoms with van der Waals surface area (Å²) in [6, 6.07) is 0. The first-order valence-corrected chi connectivity index (χ1v) is 7.05. The van der Waals surface area contributed by atoms with Crippen molar-refractivity contribution in [2.24, 2.45) is 0 Å². The molecule has 8 N–H and O–H groups in total. The van der Waals surface area contributed by atoms with Gasteiger partial charge in [-0.25, -0.2) is 0 Å². The molecule has 3 unspecified atom stereocenters. The van der Waals surface area contributed by atoms with E-state index >= 15 is 0 Å². The van der Waals surface area contributed by atoms with Crippen LogP contribution in [0.25, 0.3) is 0 Å². The van der Waals surface area contributed by atoms with Gasteiger partial charge in [0.1, 0.15) is 49.3 Å². The molecule has 2 fully saturated rings. The van der Waals surface area contributed by atoms with Gasteiger partial charge in [0.15, 0.2) is 6.29 Å². The van der Waals surface area contributed by atoms with Crippen LogP contribution in [0.1, 0.15) is 0 Å².